The van der Waals surface area contributed by atoms with Crippen LogP contribution >= 0.6 is 11.8 Å². The van der Waals surface area contributed by atoms with Crippen molar-refractivity contribution in [3.63, 3.8) is 0 Å². The lowest BCUT2D eigenvalue weighted by molar-refractivity contribution is 0.412. The molecule has 2 aromatic heterocycles. The van der Waals surface area contributed by atoms with Crippen molar-refractivity contribution < 1.29 is 4.74 Å². The van der Waals surface area contributed by atoms with Gasteiger partial charge in [-0.05, 0) is 42.7 Å². The Balaban J connectivity index is 2.11. The first-order chi connectivity index (χ1) is 13.5. The number of thioether (sulfide) groups is 1. The average Bonchev–Trinajstić information content (AvgIpc) is 3.10. The standard InChI is InChI=1S/C21H22N4O2S/c1-13(2)12-28-21-23-22-20-24(17-11-14(3)9-10-18(17)27-4)19(26)15-7-5-6-8-16(15)25(20)21/h5-11,13H,12H2,1-4H3. The van der Waals surface area contributed by atoms with Gasteiger partial charge >= 0.3 is 0 Å². The average molecular weight is 395 g/mol. The SMILES string of the molecule is COc1ccc(C)cc1-n1c(=O)c2ccccc2n2c(SCC(C)C)nnc12. The molecule has 7 heteroatoms. The van der Waals surface area contributed by atoms with Crippen molar-refractivity contribution in [2.24, 2.45) is 5.92 Å². The second-order valence-electron chi connectivity index (χ2n) is 7.16. The summed E-state index contributed by atoms with van der Waals surface area (Å²) >= 11 is 1.65. The lowest BCUT2D eigenvalue weighted by Crippen LogP contribution is -2.22. The molecular formula is C21H22N4O2S. The molecule has 2 heterocycles. The van der Waals surface area contributed by atoms with Gasteiger partial charge in [-0.2, -0.15) is 0 Å². The molecule has 0 amide bonds. The Kier molecular flexibility index (Phi) is 4.85. The third-order valence-electron chi connectivity index (χ3n) is 4.52. The van der Waals surface area contributed by atoms with Crippen molar-refractivity contribution in [3.8, 4) is 11.4 Å². The minimum Gasteiger partial charge on any atom is -0.495 e. The molecule has 0 radical (unpaired) electrons. The normalized spacial score (nSPS) is 11.6. The fourth-order valence-electron chi connectivity index (χ4n) is 3.21. The van der Waals surface area contributed by atoms with Gasteiger partial charge in [-0.25, -0.2) is 4.57 Å². The number of ether oxygens (including phenoxy) is 1. The van der Waals surface area contributed by atoms with E-state index in [-0.39, 0.29) is 5.56 Å². The first-order valence-corrected chi connectivity index (χ1v) is 10.2. The van der Waals surface area contributed by atoms with Crippen LogP contribution in [0, 0.1) is 12.8 Å². The number of rotatable bonds is 5. The summed E-state index contributed by atoms with van der Waals surface area (Å²) in [4.78, 5) is 13.4. The van der Waals surface area contributed by atoms with E-state index in [4.69, 9.17) is 4.74 Å². The number of para-hydroxylation sites is 1. The van der Waals surface area contributed by atoms with Crippen molar-refractivity contribution in [2.75, 3.05) is 12.9 Å². The molecule has 0 aliphatic carbocycles. The van der Waals surface area contributed by atoms with Gasteiger partial charge in [-0.15, -0.1) is 10.2 Å². The van der Waals surface area contributed by atoms with E-state index in [1.807, 2.05) is 53.8 Å². The number of aromatic nitrogens is 4. The van der Waals surface area contributed by atoms with Crippen LogP contribution < -0.4 is 10.3 Å². The molecule has 0 unspecified atom stereocenters. The van der Waals surface area contributed by atoms with Crippen LogP contribution in [0.4, 0.5) is 0 Å². The van der Waals surface area contributed by atoms with Gasteiger partial charge < -0.3 is 4.74 Å². The molecule has 0 atom stereocenters. The molecule has 0 aliphatic heterocycles. The van der Waals surface area contributed by atoms with Gasteiger partial charge in [0.1, 0.15) is 5.75 Å². The second kappa shape index (κ2) is 7.31. The van der Waals surface area contributed by atoms with E-state index in [0.29, 0.717) is 28.5 Å². The Labute approximate surface area is 167 Å². The minimum absolute atomic E-state index is 0.139. The monoisotopic (exact) mass is 394 g/mol. The number of hydrogen-bond donors (Lipinski definition) is 0. The Morgan fingerprint density at radius 1 is 1.14 bits per heavy atom. The molecule has 4 rings (SSSR count). The van der Waals surface area contributed by atoms with Gasteiger partial charge in [0.15, 0.2) is 5.16 Å². The first kappa shape index (κ1) is 18.6. The number of aryl methyl sites for hydroxylation is 1. The Hall–Kier alpha value is -2.80. The lowest BCUT2D eigenvalue weighted by atomic mass is 10.2. The third-order valence-corrected chi connectivity index (χ3v) is 5.87. The van der Waals surface area contributed by atoms with E-state index in [1.54, 1.807) is 23.4 Å². The van der Waals surface area contributed by atoms with E-state index in [0.717, 1.165) is 22.0 Å². The van der Waals surface area contributed by atoms with Crippen molar-refractivity contribution >= 4 is 28.4 Å². The van der Waals surface area contributed by atoms with E-state index in [2.05, 4.69) is 24.0 Å². The summed E-state index contributed by atoms with van der Waals surface area (Å²) in [6.07, 6.45) is 0. The minimum atomic E-state index is -0.139. The van der Waals surface area contributed by atoms with Gasteiger partial charge in [0.2, 0.25) is 5.78 Å². The highest BCUT2D eigenvalue weighted by Crippen LogP contribution is 2.28. The maximum atomic E-state index is 13.4. The highest BCUT2D eigenvalue weighted by atomic mass is 32.2. The van der Waals surface area contributed by atoms with E-state index in [1.165, 1.54) is 0 Å². The van der Waals surface area contributed by atoms with Crippen LogP contribution in [-0.4, -0.2) is 32.0 Å². The Morgan fingerprint density at radius 3 is 2.68 bits per heavy atom. The predicted molar refractivity (Wildman–Crippen MR) is 113 cm³/mol. The summed E-state index contributed by atoms with van der Waals surface area (Å²) in [5.74, 6) is 2.54. The molecule has 0 fully saturated rings. The van der Waals surface area contributed by atoms with Gasteiger partial charge in [0.25, 0.3) is 5.56 Å². The molecule has 0 N–H and O–H groups in total. The van der Waals surface area contributed by atoms with Crippen LogP contribution in [0.5, 0.6) is 5.75 Å². The largest absolute Gasteiger partial charge is 0.495 e. The summed E-state index contributed by atoms with van der Waals surface area (Å²) in [7, 11) is 1.60. The summed E-state index contributed by atoms with van der Waals surface area (Å²) in [5.41, 5.74) is 2.36. The van der Waals surface area contributed by atoms with Crippen LogP contribution in [0.3, 0.4) is 0 Å². The van der Waals surface area contributed by atoms with Crippen LogP contribution in [-0.2, 0) is 0 Å². The van der Waals surface area contributed by atoms with Gasteiger partial charge in [0.05, 0.1) is 23.7 Å². The maximum Gasteiger partial charge on any atom is 0.267 e. The smallest absolute Gasteiger partial charge is 0.267 e. The van der Waals surface area contributed by atoms with E-state index >= 15 is 0 Å². The number of methoxy groups -OCH3 is 1. The van der Waals surface area contributed by atoms with Gasteiger partial charge in [-0.1, -0.05) is 43.8 Å². The number of nitrogens with zero attached hydrogens (tertiary/aromatic N) is 4. The van der Waals surface area contributed by atoms with Gasteiger partial charge in [0, 0.05) is 5.75 Å². The first-order valence-electron chi connectivity index (χ1n) is 9.18. The molecule has 4 aromatic rings. The lowest BCUT2D eigenvalue weighted by Gasteiger charge is -2.14. The van der Waals surface area contributed by atoms with Crippen molar-refractivity contribution in [3.05, 3.63) is 58.4 Å². The molecular weight excluding hydrogens is 372 g/mol. The quantitative estimate of drug-likeness (QED) is 0.477. The van der Waals surface area contributed by atoms with Crippen molar-refractivity contribution in [1.29, 1.82) is 0 Å². The molecule has 0 aliphatic rings. The molecule has 6 nitrogen and oxygen atoms in total. The number of benzene rings is 2. The molecule has 28 heavy (non-hydrogen) atoms. The summed E-state index contributed by atoms with van der Waals surface area (Å²) in [6, 6.07) is 13.3. The molecule has 0 saturated heterocycles. The van der Waals surface area contributed by atoms with Gasteiger partial charge in [-0.3, -0.25) is 9.20 Å². The molecule has 2 aromatic carbocycles. The predicted octanol–water partition coefficient (Wildman–Crippen LogP) is 4.10. The van der Waals surface area contributed by atoms with Crippen LogP contribution in [0.2, 0.25) is 0 Å². The van der Waals surface area contributed by atoms with Crippen LogP contribution in [0.1, 0.15) is 19.4 Å². The zero-order valence-electron chi connectivity index (χ0n) is 16.3. The second-order valence-corrected chi connectivity index (χ2v) is 8.14. The highest BCUT2D eigenvalue weighted by molar-refractivity contribution is 7.99. The molecule has 144 valence electrons. The van der Waals surface area contributed by atoms with Crippen molar-refractivity contribution in [2.45, 2.75) is 25.9 Å². The third kappa shape index (κ3) is 3.05. The fourth-order valence-corrected chi connectivity index (χ4v) is 4.10. The Morgan fingerprint density at radius 2 is 1.93 bits per heavy atom. The number of fused-ring (bicyclic) bond motifs is 3. The highest BCUT2D eigenvalue weighted by Gasteiger charge is 2.20. The number of hydrogen-bond acceptors (Lipinski definition) is 5. The summed E-state index contributed by atoms with van der Waals surface area (Å²) in [5, 5.41) is 10.2. The fraction of sp³-hybridized carbons (Fsp3) is 0.286. The molecule has 0 saturated carbocycles. The summed E-state index contributed by atoms with van der Waals surface area (Å²) in [6.45, 7) is 6.32. The van der Waals surface area contributed by atoms with Crippen LogP contribution in [0.15, 0.2) is 52.4 Å². The topological polar surface area (TPSA) is 61.4 Å². The Bertz CT molecular complexity index is 1230. The molecule has 0 spiro atoms. The zero-order valence-corrected chi connectivity index (χ0v) is 17.2. The van der Waals surface area contributed by atoms with Crippen LogP contribution in [0.25, 0.3) is 22.4 Å². The molecule has 0 bridgehead atoms. The summed E-state index contributed by atoms with van der Waals surface area (Å²) < 4.78 is 9.10. The zero-order chi connectivity index (χ0) is 19.8. The van der Waals surface area contributed by atoms with E-state index in [9.17, 15) is 4.79 Å². The maximum absolute atomic E-state index is 13.4. The van der Waals surface area contributed by atoms with Crippen molar-refractivity contribution in [1.82, 2.24) is 19.2 Å². The van der Waals surface area contributed by atoms with E-state index < -0.39 is 0 Å².